The molecule has 3 aromatic rings. The van der Waals surface area contributed by atoms with Crippen LogP contribution in [0.25, 0.3) is 11.1 Å². The molecular weight excluding hydrogens is 364 g/mol. The highest BCUT2D eigenvalue weighted by Crippen LogP contribution is 2.29. The van der Waals surface area contributed by atoms with E-state index in [0.29, 0.717) is 17.1 Å². The molecule has 3 rings (SSSR count). The first-order valence-electron chi connectivity index (χ1n) is 9.51. The molecule has 0 bridgehead atoms. The van der Waals surface area contributed by atoms with Crippen LogP contribution in [0.2, 0.25) is 0 Å². The Kier molecular flexibility index (Phi) is 6.63. The first kappa shape index (κ1) is 20.1. The molecule has 0 aliphatic heterocycles. The van der Waals surface area contributed by atoms with Gasteiger partial charge < -0.3 is 15.4 Å². The van der Waals surface area contributed by atoms with Gasteiger partial charge in [0.2, 0.25) is 5.91 Å². The Morgan fingerprint density at radius 3 is 2.03 bits per heavy atom. The Morgan fingerprint density at radius 1 is 0.793 bits per heavy atom. The van der Waals surface area contributed by atoms with Gasteiger partial charge in [0.1, 0.15) is 5.75 Å². The molecule has 0 unspecified atom stereocenters. The largest absolute Gasteiger partial charge is 0.483 e. The molecular formula is C24H24N2O3. The van der Waals surface area contributed by atoms with Crippen LogP contribution >= 0.6 is 0 Å². The van der Waals surface area contributed by atoms with Crippen molar-refractivity contribution in [3.8, 4) is 16.9 Å². The van der Waals surface area contributed by atoms with Crippen molar-refractivity contribution in [2.75, 3.05) is 17.2 Å². The van der Waals surface area contributed by atoms with E-state index in [0.717, 1.165) is 11.1 Å². The van der Waals surface area contributed by atoms with Crippen molar-refractivity contribution < 1.29 is 14.3 Å². The Bertz CT molecular complexity index is 967. The second kappa shape index (κ2) is 9.55. The smallest absolute Gasteiger partial charge is 0.262 e. The minimum absolute atomic E-state index is 0.0488. The molecule has 5 nitrogen and oxygen atoms in total. The van der Waals surface area contributed by atoms with Gasteiger partial charge in [-0.15, -0.1) is 0 Å². The molecule has 0 fully saturated rings. The molecule has 0 heterocycles. The fourth-order valence-corrected chi connectivity index (χ4v) is 2.71. The van der Waals surface area contributed by atoms with E-state index in [2.05, 4.69) is 10.6 Å². The first-order valence-corrected chi connectivity index (χ1v) is 9.51. The summed E-state index contributed by atoms with van der Waals surface area (Å²) in [5.41, 5.74) is 3.29. The number of hydrogen-bond acceptors (Lipinski definition) is 3. The third-order valence-corrected chi connectivity index (χ3v) is 4.29. The topological polar surface area (TPSA) is 67.4 Å². The molecule has 0 radical (unpaired) electrons. The van der Waals surface area contributed by atoms with Crippen LogP contribution in [0.15, 0.2) is 78.9 Å². The van der Waals surface area contributed by atoms with Crippen LogP contribution in [0.1, 0.15) is 13.8 Å². The van der Waals surface area contributed by atoms with E-state index < -0.39 is 0 Å². The number of nitrogens with one attached hydrogen (secondary N) is 2. The number of ether oxygens (including phenoxy) is 1. The van der Waals surface area contributed by atoms with Crippen LogP contribution in [0.5, 0.6) is 5.75 Å². The Morgan fingerprint density at radius 2 is 1.38 bits per heavy atom. The van der Waals surface area contributed by atoms with Gasteiger partial charge in [0.15, 0.2) is 6.61 Å². The molecule has 0 spiro atoms. The van der Waals surface area contributed by atoms with Gasteiger partial charge in [-0.2, -0.15) is 0 Å². The van der Waals surface area contributed by atoms with Gasteiger partial charge in [-0.25, -0.2) is 0 Å². The van der Waals surface area contributed by atoms with E-state index in [-0.39, 0.29) is 24.3 Å². The fourth-order valence-electron chi connectivity index (χ4n) is 2.71. The minimum Gasteiger partial charge on any atom is -0.483 e. The van der Waals surface area contributed by atoms with Crippen LogP contribution in [0.4, 0.5) is 11.4 Å². The number of carbonyl (C=O) groups is 2. The second-order valence-electron chi connectivity index (χ2n) is 6.92. The van der Waals surface area contributed by atoms with Crippen molar-refractivity contribution in [2.45, 2.75) is 13.8 Å². The van der Waals surface area contributed by atoms with E-state index >= 15 is 0 Å². The average molecular weight is 388 g/mol. The number of anilines is 2. The highest BCUT2D eigenvalue weighted by atomic mass is 16.5. The van der Waals surface area contributed by atoms with E-state index in [4.69, 9.17) is 4.74 Å². The lowest BCUT2D eigenvalue weighted by molar-refractivity contribution is -0.119. The van der Waals surface area contributed by atoms with Crippen LogP contribution in [0.3, 0.4) is 0 Å². The lowest BCUT2D eigenvalue weighted by Gasteiger charge is -2.12. The number of carbonyl (C=O) groups excluding carboxylic acids is 2. The molecule has 148 valence electrons. The van der Waals surface area contributed by atoms with E-state index in [9.17, 15) is 9.59 Å². The SMILES string of the molecule is CC(C)C(=O)Nc1ccc(NC(=O)COc2ccccc2-c2ccccc2)cc1. The van der Waals surface area contributed by atoms with Gasteiger partial charge in [0.05, 0.1) is 0 Å². The third kappa shape index (κ3) is 5.69. The summed E-state index contributed by atoms with van der Waals surface area (Å²) in [5, 5.41) is 5.61. The first-order chi connectivity index (χ1) is 14.0. The highest BCUT2D eigenvalue weighted by molar-refractivity contribution is 5.94. The van der Waals surface area contributed by atoms with Crippen LogP contribution in [-0.4, -0.2) is 18.4 Å². The molecule has 0 aliphatic rings. The molecule has 0 saturated carbocycles. The minimum atomic E-state index is -0.258. The number of para-hydroxylation sites is 1. The normalized spacial score (nSPS) is 10.4. The zero-order chi connectivity index (χ0) is 20.6. The zero-order valence-corrected chi connectivity index (χ0v) is 16.5. The molecule has 29 heavy (non-hydrogen) atoms. The van der Waals surface area contributed by atoms with E-state index in [1.54, 1.807) is 24.3 Å². The fraction of sp³-hybridized carbons (Fsp3) is 0.167. The molecule has 2 N–H and O–H groups in total. The van der Waals surface area contributed by atoms with Gasteiger partial charge in [0, 0.05) is 22.9 Å². The van der Waals surface area contributed by atoms with Crippen molar-refractivity contribution in [1.29, 1.82) is 0 Å². The summed E-state index contributed by atoms with van der Waals surface area (Å²) < 4.78 is 5.76. The van der Waals surface area contributed by atoms with Gasteiger partial charge >= 0.3 is 0 Å². The average Bonchev–Trinajstić information content (AvgIpc) is 2.74. The maximum atomic E-state index is 12.3. The summed E-state index contributed by atoms with van der Waals surface area (Å²) in [6, 6.07) is 24.5. The predicted molar refractivity (Wildman–Crippen MR) is 116 cm³/mol. The van der Waals surface area contributed by atoms with Gasteiger partial charge in [-0.1, -0.05) is 62.4 Å². The summed E-state index contributed by atoms with van der Waals surface area (Å²) in [7, 11) is 0. The standard InChI is InChI=1S/C24H24N2O3/c1-17(2)24(28)26-20-14-12-19(13-15-20)25-23(27)16-29-22-11-7-6-10-21(22)18-8-4-3-5-9-18/h3-15,17H,16H2,1-2H3,(H,25,27)(H,26,28). The van der Waals surface area contributed by atoms with Gasteiger partial charge in [0.25, 0.3) is 5.91 Å². The molecule has 0 aliphatic carbocycles. The second-order valence-corrected chi connectivity index (χ2v) is 6.92. The predicted octanol–water partition coefficient (Wildman–Crippen LogP) is 4.97. The quantitative estimate of drug-likeness (QED) is 0.601. The summed E-state index contributed by atoms with van der Waals surface area (Å²) in [6.45, 7) is 3.56. The van der Waals surface area contributed by atoms with Crippen molar-refractivity contribution in [2.24, 2.45) is 5.92 Å². The molecule has 2 amide bonds. The number of benzene rings is 3. The zero-order valence-electron chi connectivity index (χ0n) is 16.5. The number of hydrogen-bond donors (Lipinski definition) is 2. The lowest BCUT2D eigenvalue weighted by atomic mass is 10.1. The summed E-state index contributed by atoms with van der Waals surface area (Å²) >= 11 is 0. The molecule has 0 saturated heterocycles. The van der Waals surface area contributed by atoms with Crippen molar-refractivity contribution in [3.63, 3.8) is 0 Å². The van der Waals surface area contributed by atoms with Crippen LogP contribution in [0, 0.1) is 5.92 Å². The van der Waals surface area contributed by atoms with E-state index in [1.807, 2.05) is 68.4 Å². The molecule has 3 aromatic carbocycles. The summed E-state index contributed by atoms with van der Waals surface area (Å²) in [4.78, 5) is 24.0. The number of amides is 2. The monoisotopic (exact) mass is 388 g/mol. The summed E-state index contributed by atoms with van der Waals surface area (Å²) in [6.07, 6.45) is 0. The Balaban J connectivity index is 1.58. The van der Waals surface area contributed by atoms with E-state index in [1.165, 1.54) is 0 Å². The van der Waals surface area contributed by atoms with Gasteiger partial charge in [-0.05, 0) is 35.9 Å². The van der Waals surface area contributed by atoms with Crippen molar-refractivity contribution in [1.82, 2.24) is 0 Å². The number of rotatable bonds is 7. The Labute approximate surface area is 170 Å². The highest BCUT2D eigenvalue weighted by Gasteiger charge is 2.10. The lowest BCUT2D eigenvalue weighted by Crippen LogP contribution is -2.20. The van der Waals surface area contributed by atoms with Crippen LogP contribution in [-0.2, 0) is 9.59 Å². The molecule has 0 aromatic heterocycles. The van der Waals surface area contributed by atoms with Crippen LogP contribution < -0.4 is 15.4 Å². The van der Waals surface area contributed by atoms with Crippen molar-refractivity contribution >= 4 is 23.2 Å². The third-order valence-electron chi connectivity index (χ3n) is 4.29. The van der Waals surface area contributed by atoms with Gasteiger partial charge in [-0.3, -0.25) is 9.59 Å². The molecule has 5 heteroatoms. The maximum absolute atomic E-state index is 12.3. The molecule has 0 atom stereocenters. The summed E-state index contributed by atoms with van der Waals surface area (Å²) in [5.74, 6) is 0.255. The van der Waals surface area contributed by atoms with Crippen molar-refractivity contribution in [3.05, 3.63) is 78.9 Å². The maximum Gasteiger partial charge on any atom is 0.262 e. The Hall–Kier alpha value is -3.60.